The first-order chi connectivity index (χ1) is 9.20. The number of hydrogen-bond donors (Lipinski definition) is 1. The average Bonchev–Trinajstić information content (AvgIpc) is 2.87. The summed E-state index contributed by atoms with van der Waals surface area (Å²) in [6.45, 7) is 3.25. The van der Waals surface area contributed by atoms with Crippen LogP contribution in [0.5, 0.6) is 0 Å². The summed E-state index contributed by atoms with van der Waals surface area (Å²) >= 11 is 6.09. The molecule has 1 heterocycles. The molecule has 1 aromatic carbocycles. The lowest BCUT2D eigenvalue weighted by Crippen LogP contribution is -2.23. The van der Waals surface area contributed by atoms with Gasteiger partial charge in [0, 0.05) is 17.8 Å². The van der Waals surface area contributed by atoms with Gasteiger partial charge < -0.3 is 5.32 Å². The minimum absolute atomic E-state index is 0.0905. The third kappa shape index (κ3) is 3.58. The van der Waals surface area contributed by atoms with Crippen LogP contribution in [-0.2, 0) is 6.54 Å². The summed E-state index contributed by atoms with van der Waals surface area (Å²) in [5.41, 5.74) is 1.55. The summed E-state index contributed by atoms with van der Waals surface area (Å²) in [5.74, 6) is -0.0905. The van der Waals surface area contributed by atoms with E-state index in [0.717, 1.165) is 12.0 Å². The van der Waals surface area contributed by atoms with Crippen molar-refractivity contribution >= 4 is 17.5 Å². The second kappa shape index (κ2) is 6.38. The third-order valence-electron chi connectivity index (χ3n) is 2.72. The van der Waals surface area contributed by atoms with E-state index in [4.69, 9.17) is 11.6 Å². The van der Waals surface area contributed by atoms with Crippen molar-refractivity contribution in [1.82, 2.24) is 15.1 Å². The van der Waals surface area contributed by atoms with Gasteiger partial charge in [0.15, 0.2) is 0 Å². The van der Waals surface area contributed by atoms with Crippen LogP contribution in [0.3, 0.4) is 0 Å². The molecule has 1 amide bonds. The molecule has 0 bridgehead atoms. The van der Waals surface area contributed by atoms with Crippen molar-refractivity contribution in [2.24, 2.45) is 0 Å². The molecule has 0 fully saturated rings. The molecule has 19 heavy (non-hydrogen) atoms. The first kappa shape index (κ1) is 13.6. The largest absolute Gasteiger partial charge is 0.352 e. The average molecular weight is 278 g/mol. The van der Waals surface area contributed by atoms with Gasteiger partial charge in [-0.05, 0) is 18.1 Å². The van der Waals surface area contributed by atoms with Crippen molar-refractivity contribution in [1.29, 1.82) is 0 Å². The number of nitrogens with one attached hydrogen (secondary N) is 1. The van der Waals surface area contributed by atoms with E-state index < -0.39 is 0 Å². The van der Waals surface area contributed by atoms with E-state index >= 15 is 0 Å². The quantitative estimate of drug-likeness (QED) is 0.913. The molecule has 0 atom stereocenters. The molecule has 0 spiro atoms. The molecule has 0 aliphatic rings. The predicted molar refractivity (Wildman–Crippen MR) is 75.4 cm³/mol. The highest BCUT2D eigenvalue weighted by Crippen LogP contribution is 2.16. The maximum Gasteiger partial charge on any atom is 0.254 e. The van der Waals surface area contributed by atoms with Crippen LogP contribution in [0.2, 0.25) is 5.02 Å². The molecule has 5 heteroatoms. The van der Waals surface area contributed by atoms with Crippen molar-refractivity contribution in [3.63, 3.8) is 0 Å². The molecule has 2 rings (SSSR count). The van der Waals surface area contributed by atoms with Gasteiger partial charge in [-0.1, -0.05) is 36.7 Å². The van der Waals surface area contributed by atoms with Crippen molar-refractivity contribution in [3.05, 3.63) is 52.8 Å². The number of nitrogens with zero attached hydrogens (tertiary/aromatic N) is 2. The van der Waals surface area contributed by atoms with Gasteiger partial charge in [-0.25, -0.2) is 0 Å². The predicted octanol–water partition coefficient (Wildman–Crippen LogP) is 2.72. The minimum atomic E-state index is -0.0905. The van der Waals surface area contributed by atoms with Crippen LogP contribution in [0.1, 0.15) is 29.3 Å². The molecule has 2 aromatic rings. The monoisotopic (exact) mass is 277 g/mol. The number of carbonyl (C=O) groups is 1. The highest BCUT2D eigenvalue weighted by molar-refractivity contribution is 6.31. The smallest absolute Gasteiger partial charge is 0.254 e. The molecule has 100 valence electrons. The zero-order valence-electron chi connectivity index (χ0n) is 10.8. The summed E-state index contributed by atoms with van der Waals surface area (Å²) in [5, 5.41) is 7.70. The fraction of sp³-hybridized carbons (Fsp3) is 0.286. The second-order valence-electron chi connectivity index (χ2n) is 4.27. The van der Waals surface area contributed by atoms with E-state index in [1.54, 1.807) is 17.1 Å². The Bertz CT molecular complexity index is 565. The third-order valence-corrected chi connectivity index (χ3v) is 3.09. The van der Waals surface area contributed by atoms with Crippen LogP contribution in [0.4, 0.5) is 0 Å². The second-order valence-corrected chi connectivity index (χ2v) is 4.68. The van der Waals surface area contributed by atoms with Crippen LogP contribution < -0.4 is 5.32 Å². The Morgan fingerprint density at radius 3 is 2.95 bits per heavy atom. The van der Waals surface area contributed by atoms with Crippen LogP contribution >= 0.6 is 11.6 Å². The Kier molecular flexibility index (Phi) is 4.58. The van der Waals surface area contributed by atoms with Crippen LogP contribution in [0.15, 0.2) is 36.7 Å². The van der Waals surface area contributed by atoms with Gasteiger partial charge in [-0.2, -0.15) is 5.10 Å². The van der Waals surface area contributed by atoms with Gasteiger partial charge in [0.2, 0.25) is 0 Å². The Morgan fingerprint density at radius 2 is 2.21 bits per heavy atom. The van der Waals surface area contributed by atoms with Crippen molar-refractivity contribution < 1.29 is 4.79 Å². The molecule has 0 aliphatic heterocycles. The molecule has 4 nitrogen and oxygen atoms in total. The number of amides is 1. The number of carbonyl (C=O) groups excluding carboxylic acids is 1. The van der Waals surface area contributed by atoms with Crippen LogP contribution in [-0.4, -0.2) is 22.2 Å². The van der Waals surface area contributed by atoms with Crippen molar-refractivity contribution in [2.75, 3.05) is 6.54 Å². The minimum Gasteiger partial charge on any atom is -0.352 e. The molecule has 0 saturated carbocycles. The lowest BCUT2D eigenvalue weighted by Gasteiger charge is -2.03. The standard InChI is InChI=1S/C14H16ClN3O/c1-2-7-16-14(19)12-8-17-18(10-12)9-11-5-3-4-6-13(11)15/h3-6,8,10H,2,7,9H2,1H3,(H,16,19). The molecule has 0 saturated heterocycles. The number of rotatable bonds is 5. The fourth-order valence-electron chi connectivity index (χ4n) is 1.71. The summed E-state index contributed by atoms with van der Waals surface area (Å²) < 4.78 is 1.71. The zero-order valence-corrected chi connectivity index (χ0v) is 11.5. The van der Waals surface area contributed by atoms with Gasteiger partial charge in [0.05, 0.1) is 18.3 Å². The first-order valence-corrected chi connectivity index (χ1v) is 6.62. The molecule has 0 aliphatic carbocycles. The Hall–Kier alpha value is -1.81. The van der Waals surface area contributed by atoms with E-state index in [9.17, 15) is 4.79 Å². The molecule has 0 unspecified atom stereocenters. The van der Waals surface area contributed by atoms with E-state index in [1.165, 1.54) is 0 Å². The van der Waals surface area contributed by atoms with E-state index in [-0.39, 0.29) is 5.91 Å². The SMILES string of the molecule is CCCNC(=O)c1cnn(Cc2ccccc2Cl)c1. The summed E-state index contributed by atoms with van der Waals surface area (Å²) in [6, 6.07) is 7.61. The highest BCUT2D eigenvalue weighted by atomic mass is 35.5. The van der Waals surface area contributed by atoms with E-state index in [1.807, 2.05) is 31.2 Å². The number of hydrogen-bond acceptors (Lipinski definition) is 2. The summed E-state index contributed by atoms with van der Waals surface area (Å²) in [7, 11) is 0. The van der Waals surface area contributed by atoms with Crippen LogP contribution in [0, 0.1) is 0 Å². The topological polar surface area (TPSA) is 46.9 Å². The van der Waals surface area contributed by atoms with Crippen LogP contribution in [0.25, 0.3) is 0 Å². The molecular formula is C14H16ClN3O. The number of aromatic nitrogens is 2. The van der Waals surface area contributed by atoms with Gasteiger partial charge in [0.25, 0.3) is 5.91 Å². The maximum atomic E-state index is 11.7. The zero-order chi connectivity index (χ0) is 13.7. The molecule has 1 aromatic heterocycles. The normalized spacial score (nSPS) is 10.4. The van der Waals surface area contributed by atoms with Crippen molar-refractivity contribution in [2.45, 2.75) is 19.9 Å². The maximum absolute atomic E-state index is 11.7. The van der Waals surface area contributed by atoms with Gasteiger partial charge >= 0.3 is 0 Å². The first-order valence-electron chi connectivity index (χ1n) is 6.24. The number of benzene rings is 1. The number of halogens is 1. The fourth-order valence-corrected chi connectivity index (χ4v) is 1.90. The molecule has 1 N–H and O–H groups in total. The lowest BCUT2D eigenvalue weighted by atomic mass is 10.2. The Morgan fingerprint density at radius 1 is 1.42 bits per heavy atom. The van der Waals surface area contributed by atoms with E-state index in [0.29, 0.717) is 23.7 Å². The van der Waals surface area contributed by atoms with Crippen molar-refractivity contribution in [3.8, 4) is 0 Å². The highest BCUT2D eigenvalue weighted by Gasteiger charge is 2.08. The van der Waals surface area contributed by atoms with Gasteiger partial charge in [-0.15, -0.1) is 0 Å². The van der Waals surface area contributed by atoms with Gasteiger partial charge in [-0.3, -0.25) is 9.48 Å². The summed E-state index contributed by atoms with van der Waals surface area (Å²) in [4.78, 5) is 11.7. The Balaban J connectivity index is 2.05. The van der Waals surface area contributed by atoms with Gasteiger partial charge in [0.1, 0.15) is 0 Å². The molecule has 0 radical (unpaired) electrons. The Labute approximate surface area is 117 Å². The lowest BCUT2D eigenvalue weighted by molar-refractivity contribution is 0.0953. The summed E-state index contributed by atoms with van der Waals surface area (Å²) in [6.07, 6.45) is 4.22. The molecular weight excluding hydrogens is 262 g/mol. The van der Waals surface area contributed by atoms with E-state index in [2.05, 4.69) is 10.4 Å².